The Morgan fingerprint density at radius 2 is 1.92 bits per heavy atom. The van der Waals surface area contributed by atoms with Crippen molar-refractivity contribution in [1.82, 2.24) is 5.32 Å². The van der Waals surface area contributed by atoms with E-state index in [-0.39, 0.29) is 0 Å². The lowest BCUT2D eigenvalue weighted by molar-refractivity contribution is 0.343. The zero-order valence-electron chi connectivity index (χ0n) is 9.27. The molecule has 0 aromatic carbocycles. The smallest absolute Gasteiger partial charge is 0.00626 e. The van der Waals surface area contributed by atoms with E-state index in [2.05, 4.69) is 25.7 Å². The third-order valence-corrected chi connectivity index (χ3v) is 3.65. The molecule has 1 heteroatoms. The van der Waals surface area contributed by atoms with Crippen molar-refractivity contribution < 1.29 is 0 Å². The highest BCUT2D eigenvalue weighted by Gasteiger charge is 2.23. The Bertz CT molecular complexity index is 174. The summed E-state index contributed by atoms with van der Waals surface area (Å²) in [7, 11) is 1.99. The largest absolute Gasteiger partial charge is 0.392 e. The van der Waals surface area contributed by atoms with Gasteiger partial charge in [-0.3, -0.25) is 0 Å². The van der Waals surface area contributed by atoms with E-state index < -0.39 is 0 Å². The van der Waals surface area contributed by atoms with Gasteiger partial charge in [-0.1, -0.05) is 33.3 Å². The molecule has 1 fully saturated rings. The van der Waals surface area contributed by atoms with Gasteiger partial charge < -0.3 is 5.32 Å². The van der Waals surface area contributed by atoms with Crippen molar-refractivity contribution in [1.29, 1.82) is 0 Å². The molecule has 0 radical (unpaired) electrons. The molecule has 0 aromatic rings. The minimum absolute atomic E-state index is 0.713. The van der Waals surface area contributed by atoms with Crippen molar-refractivity contribution in [3.8, 4) is 0 Å². The summed E-state index contributed by atoms with van der Waals surface area (Å²) < 4.78 is 0. The van der Waals surface area contributed by atoms with E-state index in [1.165, 1.54) is 31.4 Å². The van der Waals surface area contributed by atoms with Gasteiger partial charge in [0.25, 0.3) is 0 Å². The minimum atomic E-state index is 0.713. The third-order valence-electron chi connectivity index (χ3n) is 3.65. The van der Waals surface area contributed by atoms with E-state index in [0.29, 0.717) is 5.92 Å². The zero-order chi connectivity index (χ0) is 9.84. The summed E-state index contributed by atoms with van der Waals surface area (Å²) in [5.41, 5.74) is 1.24. The predicted molar refractivity (Wildman–Crippen MR) is 58.5 cm³/mol. The van der Waals surface area contributed by atoms with Crippen molar-refractivity contribution in [2.45, 2.75) is 39.5 Å². The van der Waals surface area contributed by atoms with Crippen LogP contribution in [-0.4, -0.2) is 7.05 Å². The van der Waals surface area contributed by atoms with Crippen LogP contribution < -0.4 is 5.32 Å². The van der Waals surface area contributed by atoms with Gasteiger partial charge in [-0.15, -0.1) is 0 Å². The third kappa shape index (κ3) is 2.75. The summed E-state index contributed by atoms with van der Waals surface area (Å²) in [6, 6.07) is 0. The lowest BCUT2D eigenvalue weighted by Crippen LogP contribution is -2.17. The Hall–Kier alpha value is -0.460. The molecular formula is C12H23N. The summed E-state index contributed by atoms with van der Waals surface area (Å²) in [6.07, 6.45) is 5.42. The van der Waals surface area contributed by atoms with Crippen LogP contribution >= 0.6 is 0 Å². The normalized spacial score (nSPS) is 35.2. The maximum atomic E-state index is 4.09. The van der Waals surface area contributed by atoms with E-state index in [1.807, 2.05) is 7.05 Å². The van der Waals surface area contributed by atoms with Crippen LogP contribution in [0.1, 0.15) is 39.5 Å². The molecule has 0 aliphatic heterocycles. The molecule has 1 nitrogen and oxygen atoms in total. The van der Waals surface area contributed by atoms with Crippen LogP contribution in [0.2, 0.25) is 0 Å². The van der Waals surface area contributed by atoms with Gasteiger partial charge in [-0.2, -0.15) is 0 Å². The molecule has 1 N–H and O–H groups in total. The quantitative estimate of drug-likeness (QED) is 0.645. The van der Waals surface area contributed by atoms with Crippen molar-refractivity contribution in [3.63, 3.8) is 0 Å². The van der Waals surface area contributed by atoms with Gasteiger partial charge in [0.1, 0.15) is 0 Å². The van der Waals surface area contributed by atoms with Gasteiger partial charge in [0, 0.05) is 12.7 Å². The lowest BCUT2D eigenvalue weighted by atomic mass is 9.87. The van der Waals surface area contributed by atoms with Crippen LogP contribution in [-0.2, 0) is 0 Å². The molecule has 0 bridgehead atoms. The SMILES string of the molecule is C=C(NC)C1CCC[C@H](C)C(C)C1. The molecule has 0 aromatic heterocycles. The topological polar surface area (TPSA) is 12.0 Å². The molecule has 1 rings (SSSR count). The summed E-state index contributed by atoms with van der Waals surface area (Å²) in [5.74, 6) is 2.47. The van der Waals surface area contributed by atoms with E-state index in [1.54, 1.807) is 0 Å². The summed E-state index contributed by atoms with van der Waals surface area (Å²) in [4.78, 5) is 0. The Balaban J connectivity index is 2.53. The standard InChI is InChI=1S/C12H23N/c1-9-6-5-7-12(8-10(9)2)11(3)13-4/h9-10,12-13H,3,5-8H2,1-2,4H3/t9-,10?,12?/m0/s1. The number of rotatable bonds is 2. The van der Waals surface area contributed by atoms with Crippen molar-refractivity contribution in [3.05, 3.63) is 12.3 Å². The molecule has 0 saturated heterocycles. The first kappa shape index (κ1) is 10.6. The fourth-order valence-electron chi connectivity index (χ4n) is 2.29. The van der Waals surface area contributed by atoms with Crippen LogP contribution in [0.15, 0.2) is 12.3 Å². The van der Waals surface area contributed by atoms with Crippen molar-refractivity contribution in [2.24, 2.45) is 17.8 Å². The molecule has 1 aliphatic carbocycles. The molecule has 13 heavy (non-hydrogen) atoms. The zero-order valence-corrected chi connectivity index (χ0v) is 9.27. The monoisotopic (exact) mass is 181 g/mol. The second kappa shape index (κ2) is 4.69. The van der Waals surface area contributed by atoms with Gasteiger partial charge in [0.05, 0.1) is 0 Å². The van der Waals surface area contributed by atoms with Gasteiger partial charge in [-0.05, 0) is 30.6 Å². The molecule has 0 spiro atoms. The van der Waals surface area contributed by atoms with Crippen molar-refractivity contribution in [2.75, 3.05) is 7.05 Å². The van der Waals surface area contributed by atoms with E-state index in [0.717, 1.165) is 11.8 Å². The molecule has 1 aliphatic rings. The maximum Gasteiger partial charge on any atom is 0.00626 e. The fraction of sp³-hybridized carbons (Fsp3) is 0.833. The molecule has 76 valence electrons. The summed E-state index contributed by atoms with van der Waals surface area (Å²) >= 11 is 0. The first-order chi connectivity index (χ1) is 6.15. The Kier molecular flexibility index (Phi) is 3.83. The highest BCUT2D eigenvalue weighted by atomic mass is 14.8. The minimum Gasteiger partial charge on any atom is -0.392 e. The van der Waals surface area contributed by atoms with Gasteiger partial charge in [0.15, 0.2) is 0 Å². The average molecular weight is 181 g/mol. The Labute approximate surface area is 82.6 Å². The van der Waals surface area contributed by atoms with Crippen LogP contribution in [0.5, 0.6) is 0 Å². The first-order valence-corrected chi connectivity index (χ1v) is 5.51. The molecule has 0 heterocycles. The van der Waals surface area contributed by atoms with E-state index >= 15 is 0 Å². The fourth-order valence-corrected chi connectivity index (χ4v) is 2.29. The van der Waals surface area contributed by atoms with Crippen LogP contribution in [0, 0.1) is 17.8 Å². The molecule has 3 atom stereocenters. The van der Waals surface area contributed by atoms with Crippen LogP contribution in [0.4, 0.5) is 0 Å². The van der Waals surface area contributed by atoms with Crippen LogP contribution in [0.3, 0.4) is 0 Å². The highest BCUT2D eigenvalue weighted by molar-refractivity contribution is 4.98. The predicted octanol–water partition coefficient (Wildman–Crippen LogP) is 3.18. The molecule has 1 saturated carbocycles. The Morgan fingerprint density at radius 1 is 1.23 bits per heavy atom. The number of allylic oxidation sites excluding steroid dienone is 1. The highest BCUT2D eigenvalue weighted by Crippen LogP contribution is 2.33. The first-order valence-electron chi connectivity index (χ1n) is 5.51. The van der Waals surface area contributed by atoms with Gasteiger partial charge >= 0.3 is 0 Å². The Morgan fingerprint density at radius 3 is 2.54 bits per heavy atom. The van der Waals surface area contributed by atoms with Gasteiger partial charge in [-0.25, -0.2) is 0 Å². The van der Waals surface area contributed by atoms with Gasteiger partial charge in [0.2, 0.25) is 0 Å². The van der Waals surface area contributed by atoms with E-state index in [9.17, 15) is 0 Å². The number of hydrogen-bond donors (Lipinski definition) is 1. The van der Waals surface area contributed by atoms with E-state index in [4.69, 9.17) is 0 Å². The number of hydrogen-bond acceptors (Lipinski definition) is 1. The molecule has 0 amide bonds. The molecular weight excluding hydrogens is 158 g/mol. The maximum absolute atomic E-state index is 4.09. The molecule has 2 unspecified atom stereocenters. The van der Waals surface area contributed by atoms with Crippen LogP contribution in [0.25, 0.3) is 0 Å². The van der Waals surface area contributed by atoms with Crippen molar-refractivity contribution >= 4 is 0 Å². The average Bonchev–Trinajstić information content (AvgIpc) is 2.28. The number of nitrogens with one attached hydrogen (secondary N) is 1. The second-order valence-electron chi connectivity index (χ2n) is 4.59. The lowest BCUT2D eigenvalue weighted by Gasteiger charge is -2.21. The second-order valence-corrected chi connectivity index (χ2v) is 4.59. The summed E-state index contributed by atoms with van der Waals surface area (Å²) in [5, 5.41) is 3.20. The summed E-state index contributed by atoms with van der Waals surface area (Å²) in [6.45, 7) is 8.85.